The van der Waals surface area contributed by atoms with Gasteiger partial charge in [0.1, 0.15) is 0 Å². The number of rotatable bonds is 5. The van der Waals surface area contributed by atoms with Crippen LogP contribution < -0.4 is 5.32 Å². The van der Waals surface area contributed by atoms with Crippen LogP contribution in [0.3, 0.4) is 0 Å². The molecule has 1 aromatic heterocycles. The average molecular weight is 413 g/mol. The molecule has 6 heteroatoms. The van der Waals surface area contributed by atoms with E-state index in [1.54, 1.807) is 17.3 Å². The van der Waals surface area contributed by atoms with E-state index in [1.807, 2.05) is 54.6 Å². The fraction of sp³-hybridized carbons (Fsp3) is 0.240. The maximum Gasteiger partial charge on any atom is 0.226 e. The van der Waals surface area contributed by atoms with Gasteiger partial charge in [-0.05, 0) is 54.3 Å². The number of hydrogen-bond acceptors (Lipinski definition) is 4. The molecule has 1 fully saturated rings. The standard InChI is InChI=1S/C25H23N3O3/c1-16(29)28-13-12-17-4-2-3-5-21(17)22(28)14-24(30)27-20-10-8-18(9-11-20)23-15-26-25(31-23)19-6-7-19/h2-5,8-13,15,19,22H,6-7,14H2,1H3,(H,27,30)/t22-/m1/s1. The van der Waals surface area contributed by atoms with Crippen molar-refractivity contribution in [3.05, 3.63) is 77.9 Å². The number of benzene rings is 2. The van der Waals surface area contributed by atoms with Crippen LogP contribution in [0.2, 0.25) is 0 Å². The summed E-state index contributed by atoms with van der Waals surface area (Å²) in [7, 11) is 0. The molecule has 2 aromatic carbocycles. The van der Waals surface area contributed by atoms with Crippen molar-refractivity contribution in [1.82, 2.24) is 9.88 Å². The van der Waals surface area contributed by atoms with E-state index in [1.165, 1.54) is 6.92 Å². The van der Waals surface area contributed by atoms with Crippen LogP contribution in [-0.4, -0.2) is 21.7 Å². The van der Waals surface area contributed by atoms with Gasteiger partial charge in [-0.2, -0.15) is 0 Å². The first-order valence-corrected chi connectivity index (χ1v) is 10.5. The summed E-state index contributed by atoms with van der Waals surface area (Å²) in [5, 5.41) is 2.94. The molecule has 2 heterocycles. The third-order valence-electron chi connectivity index (χ3n) is 5.75. The summed E-state index contributed by atoms with van der Waals surface area (Å²) >= 11 is 0. The van der Waals surface area contributed by atoms with Crippen molar-refractivity contribution in [2.24, 2.45) is 0 Å². The van der Waals surface area contributed by atoms with E-state index < -0.39 is 0 Å². The number of nitrogens with zero attached hydrogens (tertiary/aromatic N) is 2. The van der Waals surface area contributed by atoms with Crippen LogP contribution in [0, 0.1) is 0 Å². The Morgan fingerprint density at radius 1 is 1.13 bits per heavy atom. The van der Waals surface area contributed by atoms with Crippen molar-refractivity contribution in [3.63, 3.8) is 0 Å². The summed E-state index contributed by atoms with van der Waals surface area (Å²) < 4.78 is 5.84. The lowest BCUT2D eigenvalue weighted by atomic mass is 9.93. The van der Waals surface area contributed by atoms with Crippen LogP contribution in [0.1, 0.15) is 55.2 Å². The van der Waals surface area contributed by atoms with Gasteiger partial charge in [0, 0.05) is 30.3 Å². The van der Waals surface area contributed by atoms with Crippen LogP contribution in [0.5, 0.6) is 0 Å². The van der Waals surface area contributed by atoms with Gasteiger partial charge < -0.3 is 14.6 Å². The highest BCUT2D eigenvalue weighted by atomic mass is 16.4. The largest absolute Gasteiger partial charge is 0.440 e. The zero-order chi connectivity index (χ0) is 21.4. The Hall–Kier alpha value is -3.67. The van der Waals surface area contributed by atoms with Crippen molar-refractivity contribution in [2.45, 2.75) is 38.1 Å². The topological polar surface area (TPSA) is 75.4 Å². The first kappa shape index (κ1) is 19.3. The molecule has 0 radical (unpaired) electrons. The first-order valence-electron chi connectivity index (χ1n) is 10.5. The van der Waals surface area contributed by atoms with Crippen LogP contribution in [-0.2, 0) is 9.59 Å². The number of oxazole rings is 1. The van der Waals surface area contributed by atoms with Gasteiger partial charge in [0.05, 0.1) is 18.7 Å². The summed E-state index contributed by atoms with van der Waals surface area (Å²) in [6.45, 7) is 1.51. The number of aromatic nitrogens is 1. The summed E-state index contributed by atoms with van der Waals surface area (Å²) in [5.74, 6) is 1.78. The molecule has 31 heavy (non-hydrogen) atoms. The second kappa shape index (κ2) is 7.87. The van der Waals surface area contributed by atoms with E-state index in [4.69, 9.17) is 4.42 Å². The predicted octanol–water partition coefficient (Wildman–Crippen LogP) is 5.12. The van der Waals surface area contributed by atoms with Gasteiger partial charge in [-0.3, -0.25) is 9.59 Å². The van der Waals surface area contributed by atoms with E-state index in [0.717, 1.165) is 41.2 Å². The summed E-state index contributed by atoms with van der Waals surface area (Å²) in [5.41, 5.74) is 3.62. The minimum atomic E-state index is -0.326. The van der Waals surface area contributed by atoms with E-state index >= 15 is 0 Å². The highest BCUT2D eigenvalue weighted by Crippen LogP contribution is 2.40. The second-order valence-corrected chi connectivity index (χ2v) is 8.05. The van der Waals surface area contributed by atoms with E-state index in [9.17, 15) is 9.59 Å². The normalized spacial score (nSPS) is 17.3. The van der Waals surface area contributed by atoms with Crippen molar-refractivity contribution in [2.75, 3.05) is 5.32 Å². The van der Waals surface area contributed by atoms with Gasteiger partial charge in [0.15, 0.2) is 11.7 Å². The Labute approximate surface area is 180 Å². The van der Waals surface area contributed by atoms with E-state index in [0.29, 0.717) is 11.6 Å². The molecule has 0 saturated heterocycles. The second-order valence-electron chi connectivity index (χ2n) is 8.05. The van der Waals surface area contributed by atoms with Gasteiger partial charge in [-0.15, -0.1) is 0 Å². The average Bonchev–Trinajstić information content (AvgIpc) is 3.51. The van der Waals surface area contributed by atoms with Crippen molar-refractivity contribution in [3.8, 4) is 11.3 Å². The maximum absolute atomic E-state index is 12.8. The Balaban J connectivity index is 1.28. The van der Waals surface area contributed by atoms with E-state index in [2.05, 4.69) is 10.3 Å². The van der Waals surface area contributed by atoms with Crippen molar-refractivity contribution in [1.29, 1.82) is 0 Å². The van der Waals surface area contributed by atoms with Crippen LogP contribution in [0.15, 0.2) is 65.3 Å². The third kappa shape index (κ3) is 4.01. The summed E-state index contributed by atoms with van der Waals surface area (Å²) in [6.07, 6.45) is 7.88. The fourth-order valence-electron chi connectivity index (χ4n) is 3.96. The van der Waals surface area contributed by atoms with Crippen LogP contribution in [0.4, 0.5) is 5.69 Å². The molecule has 1 N–H and O–H groups in total. The highest BCUT2D eigenvalue weighted by Gasteiger charge is 2.29. The minimum absolute atomic E-state index is 0.0921. The van der Waals surface area contributed by atoms with E-state index in [-0.39, 0.29) is 24.3 Å². The number of nitrogens with one attached hydrogen (secondary N) is 1. The smallest absolute Gasteiger partial charge is 0.226 e. The lowest BCUT2D eigenvalue weighted by molar-refractivity contribution is -0.129. The Morgan fingerprint density at radius 2 is 1.90 bits per heavy atom. The summed E-state index contributed by atoms with van der Waals surface area (Å²) in [6, 6.07) is 15.0. The molecule has 2 amide bonds. The molecular formula is C25H23N3O3. The van der Waals surface area contributed by atoms with Crippen molar-refractivity contribution < 1.29 is 14.0 Å². The van der Waals surface area contributed by atoms with Gasteiger partial charge in [-0.25, -0.2) is 4.98 Å². The number of hydrogen-bond donors (Lipinski definition) is 1. The molecule has 1 aliphatic carbocycles. The molecule has 1 atom stereocenters. The monoisotopic (exact) mass is 413 g/mol. The van der Waals surface area contributed by atoms with Crippen LogP contribution >= 0.6 is 0 Å². The lowest BCUT2D eigenvalue weighted by Crippen LogP contribution is -2.33. The zero-order valence-electron chi connectivity index (χ0n) is 17.2. The number of carbonyl (C=O) groups excluding carboxylic acids is 2. The molecule has 6 nitrogen and oxygen atoms in total. The Kier molecular flexibility index (Phi) is 4.90. The Morgan fingerprint density at radius 3 is 2.65 bits per heavy atom. The molecular weight excluding hydrogens is 390 g/mol. The number of carbonyl (C=O) groups is 2. The maximum atomic E-state index is 12.8. The number of fused-ring (bicyclic) bond motifs is 1. The summed E-state index contributed by atoms with van der Waals surface area (Å²) in [4.78, 5) is 30.9. The molecule has 156 valence electrons. The molecule has 1 saturated carbocycles. The van der Waals surface area contributed by atoms with Gasteiger partial charge in [0.2, 0.25) is 11.8 Å². The third-order valence-corrected chi connectivity index (χ3v) is 5.75. The molecule has 5 rings (SSSR count). The molecule has 3 aromatic rings. The first-order chi connectivity index (χ1) is 15.1. The molecule has 1 aliphatic heterocycles. The zero-order valence-corrected chi connectivity index (χ0v) is 17.2. The molecule has 2 aliphatic rings. The van der Waals surface area contributed by atoms with Crippen molar-refractivity contribution >= 4 is 23.6 Å². The minimum Gasteiger partial charge on any atom is -0.440 e. The molecule has 0 unspecified atom stereocenters. The number of anilines is 1. The SMILES string of the molecule is CC(=O)N1C=Cc2ccccc2[C@H]1CC(=O)Nc1ccc(-c2cnc(C3CC3)o2)cc1. The Bertz CT molecular complexity index is 1160. The number of amides is 2. The quantitative estimate of drug-likeness (QED) is 0.630. The van der Waals surface area contributed by atoms with Gasteiger partial charge in [0.25, 0.3) is 0 Å². The lowest BCUT2D eigenvalue weighted by Gasteiger charge is -2.32. The predicted molar refractivity (Wildman–Crippen MR) is 118 cm³/mol. The molecule has 0 bridgehead atoms. The van der Waals surface area contributed by atoms with Gasteiger partial charge in [-0.1, -0.05) is 24.3 Å². The fourth-order valence-corrected chi connectivity index (χ4v) is 3.96. The van der Waals surface area contributed by atoms with Gasteiger partial charge >= 0.3 is 0 Å². The van der Waals surface area contributed by atoms with Crippen LogP contribution in [0.25, 0.3) is 17.4 Å². The highest BCUT2D eigenvalue weighted by molar-refractivity contribution is 5.92. The molecule has 0 spiro atoms.